The Balaban J connectivity index is 2.17. The van der Waals surface area contributed by atoms with Crippen LogP contribution in [0, 0.1) is 5.92 Å². The summed E-state index contributed by atoms with van der Waals surface area (Å²) in [5.41, 5.74) is 0. The van der Waals surface area contributed by atoms with Crippen LogP contribution in [0.1, 0.15) is 47.0 Å². The molecule has 0 bridgehead atoms. The molecule has 0 unspecified atom stereocenters. The Hall–Kier alpha value is -1.42. The van der Waals surface area contributed by atoms with E-state index in [1.165, 1.54) is 10.4 Å². The van der Waals surface area contributed by atoms with Gasteiger partial charge in [0.25, 0.3) is 8.32 Å². The lowest BCUT2D eigenvalue weighted by atomic mass is 9.86. The van der Waals surface area contributed by atoms with Crippen molar-refractivity contribution in [1.29, 1.82) is 0 Å². The third-order valence-electron chi connectivity index (χ3n) is 5.83. The van der Waals surface area contributed by atoms with E-state index in [0.717, 1.165) is 19.3 Å². The molecular weight excluding hydrogens is 336 g/mol. The Kier molecular flexibility index (Phi) is 5.71. The van der Waals surface area contributed by atoms with Crippen molar-refractivity contribution in [2.24, 2.45) is 5.92 Å². The summed E-state index contributed by atoms with van der Waals surface area (Å²) >= 11 is 0. The fourth-order valence-corrected chi connectivity index (χ4v) is 9.26. The maximum Gasteiger partial charge on any atom is 0.261 e. The van der Waals surface area contributed by atoms with E-state index in [9.17, 15) is 5.11 Å². The van der Waals surface area contributed by atoms with Crippen molar-refractivity contribution in [3.05, 3.63) is 60.7 Å². The van der Waals surface area contributed by atoms with E-state index in [4.69, 9.17) is 4.43 Å². The second-order valence-electron chi connectivity index (χ2n) is 8.72. The molecule has 1 saturated carbocycles. The van der Waals surface area contributed by atoms with Gasteiger partial charge in [0.15, 0.2) is 0 Å². The predicted molar refractivity (Wildman–Crippen MR) is 112 cm³/mol. The maximum atomic E-state index is 10.8. The maximum absolute atomic E-state index is 10.8. The summed E-state index contributed by atoms with van der Waals surface area (Å²) in [6.45, 7) is 9.10. The summed E-state index contributed by atoms with van der Waals surface area (Å²) in [6, 6.07) is 21.4. The van der Waals surface area contributed by atoms with Crippen molar-refractivity contribution in [2.75, 3.05) is 0 Å². The second kappa shape index (κ2) is 7.67. The van der Waals surface area contributed by atoms with Crippen LogP contribution >= 0.6 is 0 Å². The van der Waals surface area contributed by atoms with Gasteiger partial charge in [-0.3, -0.25) is 0 Å². The molecule has 2 nitrogen and oxygen atoms in total. The molecule has 140 valence electrons. The van der Waals surface area contributed by atoms with Crippen molar-refractivity contribution in [2.45, 2.75) is 64.2 Å². The topological polar surface area (TPSA) is 29.5 Å². The van der Waals surface area contributed by atoms with Crippen LogP contribution in [0.15, 0.2) is 60.7 Å². The molecule has 0 radical (unpaired) electrons. The summed E-state index contributed by atoms with van der Waals surface area (Å²) in [5, 5.41) is 13.3. The molecule has 0 saturated heterocycles. The minimum absolute atomic E-state index is 0.0490. The Bertz CT molecular complexity index is 644. The average Bonchev–Trinajstić information content (AvgIpc) is 2.62. The number of hydrogen-bond donors (Lipinski definition) is 1. The van der Waals surface area contributed by atoms with Gasteiger partial charge in [-0.1, -0.05) is 94.8 Å². The highest BCUT2D eigenvalue weighted by Gasteiger charge is 2.52. The van der Waals surface area contributed by atoms with Gasteiger partial charge < -0.3 is 9.53 Å². The van der Waals surface area contributed by atoms with Gasteiger partial charge >= 0.3 is 0 Å². The van der Waals surface area contributed by atoms with Crippen molar-refractivity contribution in [3.8, 4) is 0 Å². The zero-order valence-corrected chi connectivity index (χ0v) is 17.5. The van der Waals surface area contributed by atoms with Crippen molar-refractivity contribution < 1.29 is 9.53 Å². The van der Waals surface area contributed by atoms with Crippen LogP contribution in [-0.2, 0) is 4.43 Å². The number of aliphatic hydroxyl groups excluding tert-OH is 1. The van der Waals surface area contributed by atoms with Crippen LogP contribution in [-0.4, -0.2) is 25.6 Å². The summed E-state index contributed by atoms with van der Waals surface area (Å²) in [7, 11) is -2.58. The number of rotatable bonds is 4. The zero-order chi connectivity index (χ0) is 18.8. The lowest BCUT2D eigenvalue weighted by Crippen LogP contribution is -2.69. The van der Waals surface area contributed by atoms with Crippen molar-refractivity contribution >= 4 is 18.7 Å². The summed E-state index contributed by atoms with van der Waals surface area (Å²) < 4.78 is 7.13. The fourth-order valence-electron chi connectivity index (χ4n) is 4.45. The van der Waals surface area contributed by atoms with Gasteiger partial charge in [-0.25, -0.2) is 0 Å². The third kappa shape index (κ3) is 3.53. The molecule has 0 heterocycles. The normalized spacial score (nSPS) is 24.4. The minimum atomic E-state index is -2.58. The van der Waals surface area contributed by atoms with Gasteiger partial charge in [-0.2, -0.15) is 0 Å². The molecule has 1 N–H and O–H groups in total. The average molecular weight is 369 g/mol. The van der Waals surface area contributed by atoms with E-state index in [1.54, 1.807) is 0 Å². The van der Waals surface area contributed by atoms with Gasteiger partial charge in [-0.05, 0) is 34.2 Å². The van der Waals surface area contributed by atoms with E-state index in [1.807, 2.05) is 0 Å². The van der Waals surface area contributed by atoms with Crippen LogP contribution in [0.3, 0.4) is 0 Å². The quantitative estimate of drug-likeness (QED) is 0.823. The molecule has 1 aliphatic carbocycles. The second-order valence-corrected chi connectivity index (χ2v) is 13.0. The molecule has 3 rings (SSSR count). The number of aliphatic hydroxyl groups is 1. The highest BCUT2D eigenvalue weighted by atomic mass is 28.4. The van der Waals surface area contributed by atoms with E-state index in [0.29, 0.717) is 5.92 Å². The molecule has 3 atom stereocenters. The molecule has 26 heavy (non-hydrogen) atoms. The van der Waals surface area contributed by atoms with E-state index in [-0.39, 0.29) is 17.2 Å². The Morgan fingerprint density at radius 3 is 1.81 bits per heavy atom. The van der Waals surface area contributed by atoms with Gasteiger partial charge in [0.2, 0.25) is 0 Å². The molecule has 2 aromatic carbocycles. The largest absolute Gasteiger partial charge is 0.402 e. The van der Waals surface area contributed by atoms with Crippen molar-refractivity contribution in [3.63, 3.8) is 0 Å². The standard InChI is InChI=1S/C23H32O2Si/c1-18-12-11-17-21(24)22(18)25-26(23(2,3)4,19-13-7-5-8-14-19)20-15-9-6-10-16-20/h5-10,13-16,18,21-22,24H,11-12,17H2,1-4H3/t18-,21+,22+/m0/s1. The molecular formula is C23H32O2Si. The van der Waals surface area contributed by atoms with E-state index in [2.05, 4.69) is 88.4 Å². The van der Waals surface area contributed by atoms with Gasteiger partial charge in [0.05, 0.1) is 12.2 Å². The summed E-state index contributed by atoms with van der Waals surface area (Å²) in [4.78, 5) is 0. The molecule has 0 amide bonds. The lowest BCUT2D eigenvalue weighted by Gasteiger charge is -2.48. The van der Waals surface area contributed by atoms with Crippen molar-refractivity contribution in [1.82, 2.24) is 0 Å². The number of hydrogen-bond acceptors (Lipinski definition) is 2. The highest BCUT2D eigenvalue weighted by molar-refractivity contribution is 6.99. The first-order valence-electron chi connectivity index (χ1n) is 9.83. The molecule has 0 aliphatic heterocycles. The third-order valence-corrected chi connectivity index (χ3v) is 10.9. The van der Waals surface area contributed by atoms with Gasteiger partial charge in [-0.15, -0.1) is 0 Å². The predicted octanol–water partition coefficient (Wildman–Crippen LogP) is 4.11. The van der Waals surface area contributed by atoms with Crippen LogP contribution in [0.25, 0.3) is 0 Å². The number of benzene rings is 2. The van der Waals surface area contributed by atoms with Crippen LogP contribution < -0.4 is 10.4 Å². The van der Waals surface area contributed by atoms with Crippen LogP contribution in [0.4, 0.5) is 0 Å². The first-order valence-corrected chi connectivity index (χ1v) is 11.7. The Morgan fingerprint density at radius 1 is 0.885 bits per heavy atom. The SMILES string of the molecule is C[C@H]1CCC[C@@H](O)[C@@H]1O[Si](c1ccccc1)(c1ccccc1)C(C)(C)C. The van der Waals surface area contributed by atoms with E-state index >= 15 is 0 Å². The Labute approximate surface area is 159 Å². The molecule has 1 fully saturated rings. The lowest BCUT2D eigenvalue weighted by molar-refractivity contribution is -0.0289. The van der Waals surface area contributed by atoms with Crippen LogP contribution in [0.2, 0.25) is 5.04 Å². The summed E-state index contributed by atoms with van der Waals surface area (Å²) in [6.07, 6.45) is 2.58. The molecule has 3 heteroatoms. The van der Waals surface area contributed by atoms with E-state index < -0.39 is 8.32 Å². The summed E-state index contributed by atoms with van der Waals surface area (Å²) in [5.74, 6) is 0.375. The minimum Gasteiger partial charge on any atom is -0.402 e. The molecule has 0 aromatic heterocycles. The highest BCUT2D eigenvalue weighted by Crippen LogP contribution is 2.40. The van der Waals surface area contributed by atoms with Crippen LogP contribution in [0.5, 0.6) is 0 Å². The molecule has 1 aliphatic rings. The monoisotopic (exact) mass is 368 g/mol. The fraction of sp³-hybridized carbons (Fsp3) is 0.478. The van der Waals surface area contributed by atoms with Gasteiger partial charge in [0.1, 0.15) is 0 Å². The van der Waals surface area contributed by atoms with Gasteiger partial charge in [0, 0.05) is 0 Å². The molecule has 0 spiro atoms. The first-order chi connectivity index (χ1) is 12.4. The molecule has 2 aromatic rings. The first kappa shape index (κ1) is 19.3. The Morgan fingerprint density at radius 2 is 1.38 bits per heavy atom. The zero-order valence-electron chi connectivity index (χ0n) is 16.5. The smallest absolute Gasteiger partial charge is 0.261 e.